The fourth-order valence-electron chi connectivity index (χ4n) is 2.29. The van der Waals surface area contributed by atoms with Gasteiger partial charge in [-0.05, 0) is 29.7 Å². The molecule has 0 spiro atoms. The molecule has 1 unspecified atom stereocenters. The molecule has 0 bridgehead atoms. The molecule has 7 heteroatoms. The Kier molecular flexibility index (Phi) is 6.20. The minimum Gasteiger partial charge on any atom is -0.482 e. The molecule has 1 aromatic carbocycles. The Morgan fingerprint density at radius 2 is 2.25 bits per heavy atom. The van der Waals surface area contributed by atoms with Gasteiger partial charge in [0.05, 0.1) is 10.7 Å². The second-order valence-corrected chi connectivity index (χ2v) is 6.68. The predicted octanol–water partition coefficient (Wildman–Crippen LogP) is 2.35. The monoisotopic (exact) mass is 351 g/mol. The summed E-state index contributed by atoms with van der Waals surface area (Å²) < 4.78 is 5.46. The summed E-state index contributed by atoms with van der Waals surface area (Å²) in [6, 6.07) is 5.26. The average Bonchev–Trinajstić information content (AvgIpc) is 2.51. The molecule has 0 aliphatic carbocycles. The second-order valence-electron chi connectivity index (χ2n) is 6.27. The number of carbonyl (C=O) groups excluding carboxylic acids is 2. The fourth-order valence-corrected chi connectivity index (χ4v) is 2.53. The van der Waals surface area contributed by atoms with Crippen LogP contribution in [0.15, 0.2) is 23.3 Å². The van der Waals surface area contributed by atoms with Gasteiger partial charge in [0, 0.05) is 18.9 Å². The Morgan fingerprint density at radius 1 is 1.50 bits per heavy atom. The van der Waals surface area contributed by atoms with Crippen LogP contribution in [0.2, 0.25) is 5.02 Å². The van der Waals surface area contributed by atoms with Crippen LogP contribution in [-0.2, 0) is 9.59 Å². The van der Waals surface area contributed by atoms with Crippen molar-refractivity contribution in [2.24, 2.45) is 16.9 Å². The van der Waals surface area contributed by atoms with Gasteiger partial charge < -0.3 is 10.1 Å². The van der Waals surface area contributed by atoms with Crippen molar-refractivity contribution in [1.82, 2.24) is 10.7 Å². The van der Waals surface area contributed by atoms with Gasteiger partial charge in [-0.2, -0.15) is 5.10 Å². The molecular weight excluding hydrogens is 330 g/mol. The summed E-state index contributed by atoms with van der Waals surface area (Å²) in [5.41, 5.74) is 4.08. The molecule has 1 heterocycles. The van der Waals surface area contributed by atoms with Gasteiger partial charge >= 0.3 is 0 Å². The third-order valence-corrected chi connectivity index (χ3v) is 3.85. The Balaban J connectivity index is 2.00. The van der Waals surface area contributed by atoms with E-state index in [4.69, 9.17) is 16.3 Å². The standard InChI is InChI=1S/C17H22ClN3O3/c1-10(2)8-19-16(23)9-24-14-5-4-12(7-13(14)18)17-11(3)6-15(22)20-21-17/h4-5,7,10-11H,6,8-9H2,1-3H3,(H,19,23)(H,20,22). The lowest BCUT2D eigenvalue weighted by molar-refractivity contribution is -0.123. The summed E-state index contributed by atoms with van der Waals surface area (Å²) in [6.45, 7) is 6.51. The number of nitrogens with zero attached hydrogens (tertiary/aromatic N) is 1. The molecule has 6 nitrogen and oxygen atoms in total. The average molecular weight is 352 g/mol. The Bertz CT molecular complexity index is 658. The van der Waals surface area contributed by atoms with E-state index in [1.807, 2.05) is 26.8 Å². The Morgan fingerprint density at radius 3 is 2.88 bits per heavy atom. The highest BCUT2D eigenvalue weighted by Crippen LogP contribution is 2.27. The van der Waals surface area contributed by atoms with E-state index in [1.54, 1.807) is 12.1 Å². The number of halogens is 1. The van der Waals surface area contributed by atoms with Crippen molar-refractivity contribution in [2.45, 2.75) is 27.2 Å². The van der Waals surface area contributed by atoms with Crippen LogP contribution in [0.4, 0.5) is 0 Å². The van der Waals surface area contributed by atoms with Crippen molar-refractivity contribution in [1.29, 1.82) is 0 Å². The van der Waals surface area contributed by atoms with Crippen LogP contribution >= 0.6 is 11.6 Å². The number of rotatable bonds is 6. The van der Waals surface area contributed by atoms with Gasteiger partial charge in [-0.15, -0.1) is 0 Å². The molecule has 2 N–H and O–H groups in total. The summed E-state index contributed by atoms with van der Waals surface area (Å²) in [6.07, 6.45) is 0.394. The summed E-state index contributed by atoms with van der Waals surface area (Å²) in [4.78, 5) is 23.0. The van der Waals surface area contributed by atoms with E-state index in [0.717, 1.165) is 11.3 Å². The van der Waals surface area contributed by atoms with Crippen molar-refractivity contribution in [3.05, 3.63) is 28.8 Å². The first-order valence-electron chi connectivity index (χ1n) is 7.92. The number of nitrogens with one attached hydrogen (secondary N) is 2. The van der Waals surface area contributed by atoms with Crippen LogP contribution in [0.5, 0.6) is 5.75 Å². The van der Waals surface area contributed by atoms with Crippen molar-refractivity contribution in [2.75, 3.05) is 13.2 Å². The van der Waals surface area contributed by atoms with E-state index in [2.05, 4.69) is 15.8 Å². The lowest BCUT2D eigenvalue weighted by atomic mass is 9.94. The zero-order valence-corrected chi connectivity index (χ0v) is 14.8. The maximum Gasteiger partial charge on any atom is 0.257 e. The SMILES string of the molecule is CC(C)CNC(=O)COc1ccc(C2=NNC(=O)CC2C)cc1Cl. The quantitative estimate of drug-likeness (QED) is 0.825. The maximum atomic E-state index is 11.7. The molecule has 0 radical (unpaired) electrons. The van der Waals surface area contributed by atoms with Gasteiger partial charge in [-0.1, -0.05) is 32.4 Å². The van der Waals surface area contributed by atoms with Gasteiger partial charge in [0.15, 0.2) is 6.61 Å². The zero-order chi connectivity index (χ0) is 17.7. The number of ether oxygens (including phenoxy) is 1. The van der Waals surface area contributed by atoms with Crippen LogP contribution in [0.1, 0.15) is 32.8 Å². The highest BCUT2D eigenvalue weighted by atomic mass is 35.5. The molecule has 2 amide bonds. The van der Waals surface area contributed by atoms with Crippen molar-refractivity contribution >= 4 is 29.1 Å². The third-order valence-electron chi connectivity index (χ3n) is 3.55. The van der Waals surface area contributed by atoms with Crippen molar-refractivity contribution in [3.63, 3.8) is 0 Å². The largest absolute Gasteiger partial charge is 0.482 e. The molecule has 1 aromatic rings. The van der Waals surface area contributed by atoms with E-state index in [1.165, 1.54) is 0 Å². The van der Waals surface area contributed by atoms with E-state index < -0.39 is 0 Å². The number of hydrogen-bond acceptors (Lipinski definition) is 4. The van der Waals surface area contributed by atoms with E-state index in [0.29, 0.717) is 29.7 Å². The number of carbonyl (C=O) groups is 2. The minimum absolute atomic E-state index is 0.0170. The van der Waals surface area contributed by atoms with Gasteiger partial charge in [-0.25, -0.2) is 5.43 Å². The second kappa shape index (κ2) is 8.15. The number of amides is 2. The summed E-state index contributed by atoms with van der Waals surface area (Å²) in [7, 11) is 0. The van der Waals surface area contributed by atoms with E-state index in [9.17, 15) is 9.59 Å². The fraction of sp³-hybridized carbons (Fsp3) is 0.471. The normalized spacial score (nSPS) is 17.3. The molecule has 0 saturated heterocycles. The molecule has 0 aromatic heterocycles. The molecule has 2 rings (SSSR count). The van der Waals surface area contributed by atoms with Gasteiger partial charge in [-0.3, -0.25) is 9.59 Å². The van der Waals surface area contributed by atoms with Crippen LogP contribution in [0, 0.1) is 11.8 Å². The zero-order valence-electron chi connectivity index (χ0n) is 14.1. The van der Waals surface area contributed by atoms with Crippen molar-refractivity contribution in [3.8, 4) is 5.75 Å². The molecule has 1 aliphatic heterocycles. The first-order valence-corrected chi connectivity index (χ1v) is 8.30. The number of benzene rings is 1. The van der Waals surface area contributed by atoms with E-state index >= 15 is 0 Å². The third kappa shape index (κ3) is 4.96. The van der Waals surface area contributed by atoms with Crippen molar-refractivity contribution < 1.29 is 14.3 Å². The summed E-state index contributed by atoms with van der Waals surface area (Å²) in [5.74, 6) is 0.564. The Labute approximate surface area is 146 Å². The van der Waals surface area contributed by atoms with Crippen LogP contribution in [0.3, 0.4) is 0 Å². The lowest BCUT2D eigenvalue weighted by Gasteiger charge is -2.19. The van der Waals surface area contributed by atoms with Crippen LogP contribution < -0.4 is 15.5 Å². The van der Waals surface area contributed by atoms with Gasteiger partial charge in [0.2, 0.25) is 5.91 Å². The van der Waals surface area contributed by atoms with Gasteiger partial charge in [0.25, 0.3) is 5.91 Å². The first-order chi connectivity index (χ1) is 11.4. The van der Waals surface area contributed by atoms with Crippen LogP contribution in [-0.4, -0.2) is 30.7 Å². The predicted molar refractivity (Wildman–Crippen MR) is 93.3 cm³/mol. The maximum absolute atomic E-state index is 11.7. The molecule has 0 fully saturated rings. The lowest BCUT2D eigenvalue weighted by Crippen LogP contribution is -2.32. The topological polar surface area (TPSA) is 79.8 Å². The summed E-state index contributed by atoms with van der Waals surface area (Å²) in [5, 5.41) is 7.28. The number of hydrogen-bond donors (Lipinski definition) is 2. The number of hydrazone groups is 1. The molecular formula is C17H22ClN3O3. The molecule has 0 saturated carbocycles. The van der Waals surface area contributed by atoms with Crippen LogP contribution in [0.25, 0.3) is 0 Å². The Hall–Kier alpha value is -2.08. The highest BCUT2D eigenvalue weighted by molar-refractivity contribution is 6.32. The summed E-state index contributed by atoms with van der Waals surface area (Å²) >= 11 is 6.24. The first kappa shape index (κ1) is 18.3. The molecule has 24 heavy (non-hydrogen) atoms. The molecule has 1 aliphatic rings. The minimum atomic E-state index is -0.183. The highest BCUT2D eigenvalue weighted by Gasteiger charge is 2.22. The molecule has 1 atom stereocenters. The molecule has 130 valence electrons. The van der Waals surface area contributed by atoms with Gasteiger partial charge in [0.1, 0.15) is 5.75 Å². The van der Waals surface area contributed by atoms with E-state index in [-0.39, 0.29) is 24.3 Å². The smallest absolute Gasteiger partial charge is 0.257 e.